The Labute approximate surface area is 130 Å². The van der Waals surface area contributed by atoms with Crippen molar-refractivity contribution < 1.29 is 18.3 Å². The fourth-order valence-electron chi connectivity index (χ4n) is 1.69. The summed E-state index contributed by atoms with van der Waals surface area (Å²) in [5.74, 6) is -1.17. The van der Waals surface area contributed by atoms with Gasteiger partial charge >= 0.3 is 5.97 Å². The molecule has 7 heteroatoms. The van der Waals surface area contributed by atoms with Crippen LogP contribution in [0.5, 0.6) is 0 Å². The van der Waals surface area contributed by atoms with Crippen molar-refractivity contribution in [3.8, 4) is 0 Å². The Balaban J connectivity index is 2.21. The van der Waals surface area contributed by atoms with Crippen molar-refractivity contribution in [2.45, 2.75) is 11.4 Å². The van der Waals surface area contributed by atoms with Crippen LogP contribution in [0.4, 0.5) is 0 Å². The van der Waals surface area contributed by atoms with Crippen molar-refractivity contribution in [1.82, 2.24) is 4.72 Å². The number of halogens is 1. The predicted octanol–water partition coefficient (Wildman–Crippen LogP) is 2.63. The Bertz CT molecular complexity index is 774. The van der Waals surface area contributed by atoms with Gasteiger partial charge in [0.15, 0.2) is 0 Å². The number of aromatic carboxylic acids is 1. The summed E-state index contributed by atoms with van der Waals surface area (Å²) in [5.41, 5.74) is 0.717. The van der Waals surface area contributed by atoms with Crippen molar-refractivity contribution in [3.05, 3.63) is 64.1 Å². The van der Waals surface area contributed by atoms with Crippen LogP contribution in [0.15, 0.2) is 57.9 Å². The SMILES string of the molecule is O=C(O)c1cccc(S(=O)(=O)NCc2ccccc2Br)c1. The first-order valence-corrected chi connectivity index (χ1v) is 8.24. The van der Waals surface area contributed by atoms with Gasteiger partial charge in [0, 0.05) is 11.0 Å². The van der Waals surface area contributed by atoms with E-state index in [0.29, 0.717) is 0 Å². The maximum Gasteiger partial charge on any atom is 0.335 e. The van der Waals surface area contributed by atoms with Crippen LogP contribution in [0, 0.1) is 0 Å². The first kappa shape index (κ1) is 15.7. The Kier molecular flexibility index (Phi) is 4.76. The van der Waals surface area contributed by atoms with Crippen molar-refractivity contribution in [2.24, 2.45) is 0 Å². The van der Waals surface area contributed by atoms with Crippen molar-refractivity contribution in [1.29, 1.82) is 0 Å². The van der Waals surface area contributed by atoms with Crippen LogP contribution in [-0.2, 0) is 16.6 Å². The van der Waals surface area contributed by atoms with Gasteiger partial charge in [-0.2, -0.15) is 0 Å². The molecular formula is C14H12BrNO4S. The fraction of sp³-hybridized carbons (Fsp3) is 0.0714. The average Bonchev–Trinajstić information content (AvgIpc) is 2.46. The molecule has 0 heterocycles. The highest BCUT2D eigenvalue weighted by atomic mass is 79.9. The lowest BCUT2D eigenvalue weighted by Gasteiger charge is -2.08. The Morgan fingerprint density at radius 1 is 1.14 bits per heavy atom. The van der Waals surface area contributed by atoms with Gasteiger partial charge in [0.25, 0.3) is 0 Å². The molecule has 0 aromatic heterocycles. The minimum atomic E-state index is -3.77. The molecule has 110 valence electrons. The van der Waals surface area contributed by atoms with Gasteiger partial charge < -0.3 is 5.11 Å². The van der Waals surface area contributed by atoms with Gasteiger partial charge in [-0.3, -0.25) is 0 Å². The first-order chi connectivity index (χ1) is 9.90. The summed E-state index contributed by atoms with van der Waals surface area (Å²) in [6.07, 6.45) is 0. The minimum absolute atomic E-state index is 0.0706. The number of carboxylic acid groups (broad SMARTS) is 1. The zero-order valence-corrected chi connectivity index (χ0v) is 13.2. The summed E-state index contributed by atoms with van der Waals surface area (Å²) in [6, 6.07) is 12.5. The van der Waals surface area contributed by atoms with Gasteiger partial charge in [-0.1, -0.05) is 40.2 Å². The summed E-state index contributed by atoms with van der Waals surface area (Å²) >= 11 is 3.34. The zero-order chi connectivity index (χ0) is 15.5. The van der Waals surface area contributed by atoms with Gasteiger partial charge in [0.2, 0.25) is 10.0 Å². The highest BCUT2D eigenvalue weighted by Gasteiger charge is 2.16. The number of carboxylic acids is 1. The molecule has 2 N–H and O–H groups in total. The van der Waals surface area contributed by atoms with Crippen LogP contribution in [-0.4, -0.2) is 19.5 Å². The minimum Gasteiger partial charge on any atom is -0.478 e. The van der Waals surface area contributed by atoms with E-state index in [2.05, 4.69) is 20.7 Å². The maximum atomic E-state index is 12.2. The molecule has 0 aliphatic carbocycles. The third-order valence-corrected chi connectivity index (χ3v) is 4.97. The summed E-state index contributed by atoms with van der Waals surface area (Å²) < 4.78 is 27.6. The second kappa shape index (κ2) is 6.38. The van der Waals surface area contributed by atoms with E-state index in [9.17, 15) is 13.2 Å². The quantitative estimate of drug-likeness (QED) is 0.848. The summed E-state index contributed by atoms with van der Waals surface area (Å²) in [5, 5.41) is 8.90. The third-order valence-electron chi connectivity index (χ3n) is 2.80. The van der Waals surface area contributed by atoms with E-state index in [-0.39, 0.29) is 17.0 Å². The molecule has 2 rings (SSSR count). The third kappa shape index (κ3) is 3.90. The molecule has 0 bridgehead atoms. The molecule has 0 spiro atoms. The van der Waals surface area contributed by atoms with E-state index < -0.39 is 16.0 Å². The molecule has 0 unspecified atom stereocenters. The smallest absolute Gasteiger partial charge is 0.335 e. The number of carbonyl (C=O) groups is 1. The zero-order valence-electron chi connectivity index (χ0n) is 10.8. The van der Waals surface area contributed by atoms with E-state index in [0.717, 1.165) is 16.1 Å². The number of nitrogens with one attached hydrogen (secondary N) is 1. The van der Waals surface area contributed by atoms with Crippen LogP contribution in [0.3, 0.4) is 0 Å². The average molecular weight is 370 g/mol. The number of hydrogen-bond donors (Lipinski definition) is 2. The molecule has 21 heavy (non-hydrogen) atoms. The second-order valence-corrected chi connectivity index (χ2v) is 6.87. The number of benzene rings is 2. The standard InChI is InChI=1S/C14H12BrNO4S/c15-13-7-2-1-4-11(13)9-16-21(19,20)12-6-3-5-10(8-12)14(17)18/h1-8,16H,9H2,(H,17,18). The van der Waals surface area contributed by atoms with E-state index in [1.807, 2.05) is 12.1 Å². The van der Waals surface area contributed by atoms with Crippen LogP contribution < -0.4 is 4.72 Å². The molecule has 0 aliphatic heterocycles. The monoisotopic (exact) mass is 369 g/mol. The van der Waals surface area contributed by atoms with Gasteiger partial charge in [-0.25, -0.2) is 17.9 Å². The molecule has 0 saturated carbocycles. The molecule has 2 aromatic rings. The van der Waals surface area contributed by atoms with Crippen LogP contribution in [0.1, 0.15) is 15.9 Å². The van der Waals surface area contributed by atoms with E-state index in [4.69, 9.17) is 5.11 Å². The number of sulfonamides is 1. The molecule has 0 fully saturated rings. The normalized spacial score (nSPS) is 11.3. The number of rotatable bonds is 5. The van der Waals surface area contributed by atoms with Gasteiger partial charge in [0.05, 0.1) is 10.5 Å². The van der Waals surface area contributed by atoms with Crippen LogP contribution in [0.25, 0.3) is 0 Å². The Morgan fingerprint density at radius 2 is 1.86 bits per heavy atom. The van der Waals surface area contributed by atoms with E-state index in [1.165, 1.54) is 18.2 Å². The molecule has 5 nitrogen and oxygen atoms in total. The Morgan fingerprint density at radius 3 is 2.52 bits per heavy atom. The lowest BCUT2D eigenvalue weighted by Crippen LogP contribution is -2.23. The molecule has 2 aromatic carbocycles. The van der Waals surface area contributed by atoms with E-state index in [1.54, 1.807) is 12.1 Å². The highest BCUT2D eigenvalue weighted by Crippen LogP contribution is 2.17. The molecule has 0 radical (unpaired) electrons. The molecule has 0 saturated heterocycles. The molecule has 0 amide bonds. The van der Waals surface area contributed by atoms with Crippen molar-refractivity contribution in [3.63, 3.8) is 0 Å². The summed E-state index contributed by atoms with van der Waals surface area (Å²) in [7, 11) is -3.77. The predicted molar refractivity (Wildman–Crippen MR) is 81.6 cm³/mol. The molecular weight excluding hydrogens is 358 g/mol. The lowest BCUT2D eigenvalue weighted by atomic mass is 10.2. The first-order valence-electron chi connectivity index (χ1n) is 5.96. The fourth-order valence-corrected chi connectivity index (χ4v) is 3.17. The van der Waals surface area contributed by atoms with Crippen molar-refractivity contribution in [2.75, 3.05) is 0 Å². The van der Waals surface area contributed by atoms with E-state index >= 15 is 0 Å². The van der Waals surface area contributed by atoms with Crippen LogP contribution in [0.2, 0.25) is 0 Å². The lowest BCUT2D eigenvalue weighted by molar-refractivity contribution is 0.0696. The van der Waals surface area contributed by atoms with Crippen LogP contribution >= 0.6 is 15.9 Å². The van der Waals surface area contributed by atoms with Gasteiger partial charge in [-0.05, 0) is 29.8 Å². The summed E-state index contributed by atoms with van der Waals surface area (Å²) in [4.78, 5) is 10.8. The molecule has 0 aliphatic rings. The van der Waals surface area contributed by atoms with Gasteiger partial charge in [-0.15, -0.1) is 0 Å². The summed E-state index contributed by atoms with van der Waals surface area (Å²) in [6.45, 7) is 0.112. The maximum absolute atomic E-state index is 12.2. The van der Waals surface area contributed by atoms with Crippen molar-refractivity contribution >= 4 is 31.9 Å². The largest absolute Gasteiger partial charge is 0.478 e. The topological polar surface area (TPSA) is 83.5 Å². The Hall–Kier alpha value is -1.70. The number of hydrogen-bond acceptors (Lipinski definition) is 3. The second-order valence-electron chi connectivity index (χ2n) is 4.25. The molecule has 0 atom stereocenters. The van der Waals surface area contributed by atoms with Gasteiger partial charge in [0.1, 0.15) is 0 Å². The highest BCUT2D eigenvalue weighted by molar-refractivity contribution is 9.10.